The molecule has 0 heterocycles. The number of benzene rings is 1. The lowest BCUT2D eigenvalue weighted by Crippen LogP contribution is -2.06. The van der Waals surface area contributed by atoms with E-state index in [1.165, 1.54) is 12.1 Å². The number of rotatable bonds is 6. The van der Waals surface area contributed by atoms with Crippen LogP contribution in [0.15, 0.2) is 18.2 Å². The molecule has 0 aliphatic rings. The second kappa shape index (κ2) is 6.40. The highest BCUT2D eigenvalue weighted by Gasteiger charge is 1.98. The molecule has 2 nitrogen and oxygen atoms in total. The van der Waals surface area contributed by atoms with Crippen LogP contribution < -0.4 is 5.32 Å². The van der Waals surface area contributed by atoms with Crippen LogP contribution in [0.25, 0.3) is 0 Å². The monoisotopic (exact) mass is 211 g/mol. The summed E-state index contributed by atoms with van der Waals surface area (Å²) in [6, 6.07) is 4.77. The minimum atomic E-state index is -0.188. The maximum atomic E-state index is 12.8. The molecule has 0 spiro atoms. The van der Waals surface area contributed by atoms with Crippen molar-refractivity contribution in [3.63, 3.8) is 0 Å². The zero-order valence-electron chi connectivity index (χ0n) is 9.35. The second-order valence-electron chi connectivity index (χ2n) is 3.44. The van der Waals surface area contributed by atoms with E-state index in [1.54, 1.807) is 6.07 Å². The highest BCUT2D eigenvalue weighted by Crippen LogP contribution is 2.15. The van der Waals surface area contributed by atoms with Gasteiger partial charge in [0.2, 0.25) is 0 Å². The van der Waals surface area contributed by atoms with E-state index < -0.39 is 0 Å². The summed E-state index contributed by atoms with van der Waals surface area (Å²) in [6.45, 7) is 6.26. The highest BCUT2D eigenvalue weighted by molar-refractivity contribution is 5.50. The average Bonchev–Trinajstić information content (AvgIpc) is 2.20. The van der Waals surface area contributed by atoms with Crippen LogP contribution in [0.3, 0.4) is 0 Å². The van der Waals surface area contributed by atoms with Crippen LogP contribution in [-0.4, -0.2) is 19.8 Å². The van der Waals surface area contributed by atoms with E-state index in [9.17, 15) is 4.39 Å². The summed E-state index contributed by atoms with van der Waals surface area (Å²) in [7, 11) is 0. The van der Waals surface area contributed by atoms with Crippen molar-refractivity contribution in [2.45, 2.75) is 20.3 Å². The van der Waals surface area contributed by atoms with Gasteiger partial charge in [0.25, 0.3) is 0 Å². The Morgan fingerprint density at radius 3 is 2.87 bits per heavy atom. The first-order valence-corrected chi connectivity index (χ1v) is 5.32. The zero-order valence-corrected chi connectivity index (χ0v) is 9.35. The van der Waals surface area contributed by atoms with Crippen molar-refractivity contribution < 1.29 is 9.13 Å². The van der Waals surface area contributed by atoms with Crippen molar-refractivity contribution in [2.24, 2.45) is 0 Å². The molecule has 1 rings (SSSR count). The van der Waals surface area contributed by atoms with Gasteiger partial charge in [0.15, 0.2) is 0 Å². The Morgan fingerprint density at radius 1 is 1.40 bits per heavy atom. The minimum absolute atomic E-state index is 0.188. The highest BCUT2D eigenvalue weighted by atomic mass is 19.1. The number of anilines is 1. The summed E-state index contributed by atoms with van der Waals surface area (Å²) in [5.41, 5.74) is 1.93. The van der Waals surface area contributed by atoms with E-state index in [0.29, 0.717) is 0 Å². The Hall–Kier alpha value is -1.09. The number of halogens is 1. The van der Waals surface area contributed by atoms with Crippen LogP contribution >= 0.6 is 0 Å². The Bertz CT molecular complexity index is 302. The molecule has 0 atom stereocenters. The lowest BCUT2D eigenvalue weighted by atomic mass is 10.2. The van der Waals surface area contributed by atoms with Gasteiger partial charge in [-0.3, -0.25) is 0 Å². The Labute approximate surface area is 90.4 Å². The quantitative estimate of drug-likeness (QED) is 0.730. The number of hydrogen-bond acceptors (Lipinski definition) is 2. The van der Waals surface area contributed by atoms with Gasteiger partial charge in [-0.1, -0.05) is 0 Å². The van der Waals surface area contributed by atoms with E-state index in [4.69, 9.17) is 4.74 Å². The first kappa shape index (κ1) is 12.0. The Morgan fingerprint density at radius 2 is 2.20 bits per heavy atom. The molecule has 3 heteroatoms. The Balaban J connectivity index is 2.31. The van der Waals surface area contributed by atoms with Gasteiger partial charge >= 0.3 is 0 Å². The molecule has 0 radical (unpaired) electrons. The standard InChI is InChI=1S/C12H18FNO/c1-3-15-8-4-7-14-12-6-5-11(13)9-10(12)2/h5-6,9,14H,3-4,7-8H2,1-2H3. The van der Waals surface area contributed by atoms with Crippen molar-refractivity contribution in [1.82, 2.24) is 0 Å². The molecule has 0 aliphatic carbocycles. The summed E-state index contributed by atoms with van der Waals surface area (Å²) >= 11 is 0. The summed E-state index contributed by atoms with van der Waals surface area (Å²) in [5, 5.41) is 3.25. The third kappa shape index (κ3) is 4.30. The van der Waals surface area contributed by atoms with Gasteiger partial charge in [0.05, 0.1) is 0 Å². The molecule has 0 amide bonds. The molecule has 0 bridgehead atoms. The molecular formula is C12H18FNO. The second-order valence-corrected chi connectivity index (χ2v) is 3.44. The summed E-state index contributed by atoms with van der Waals surface area (Å²) < 4.78 is 18.0. The van der Waals surface area contributed by atoms with Gasteiger partial charge in [0.1, 0.15) is 5.82 Å². The summed E-state index contributed by atoms with van der Waals surface area (Å²) in [5.74, 6) is -0.188. The minimum Gasteiger partial charge on any atom is -0.385 e. The van der Waals surface area contributed by atoms with E-state index in [1.807, 2.05) is 13.8 Å². The van der Waals surface area contributed by atoms with Crippen LogP contribution in [-0.2, 0) is 4.74 Å². The van der Waals surface area contributed by atoms with Crippen molar-refractivity contribution >= 4 is 5.69 Å². The van der Waals surface area contributed by atoms with Crippen molar-refractivity contribution in [3.8, 4) is 0 Å². The fourth-order valence-corrected chi connectivity index (χ4v) is 1.37. The van der Waals surface area contributed by atoms with Crippen LogP contribution in [0.2, 0.25) is 0 Å². The first-order chi connectivity index (χ1) is 7.24. The predicted molar refractivity (Wildman–Crippen MR) is 60.7 cm³/mol. The molecule has 1 N–H and O–H groups in total. The molecule has 1 aromatic rings. The van der Waals surface area contributed by atoms with Gasteiger partial charge in [0, 0.05) is 25.4 Å². The van der Waals surface area contributed by atoms with Crippen LogP contribution in [0.5, 0.6) is 0 Å². The zero-order chi connectivity index (χ0) is 11.1. The Kier molecular flexibility index (Phi) is 5.12. The molecule has 0 aromatic heterocycles. The number of ether oxygens (including phenoxy) is 1. The molecule has 0 saturated heterocycles. The molecule has 84 valence electrons. The molecule has 0 aliphatic heterocycles. The maximum Gasteiger partial charge on any atom is 0.123 e. The maximum absolute atomic E-state index is 12.8. The molecule has 1 aromatic carbocycles. The average molecular weight is 211 g/mol. The third-order valence-corrected chi connectivity index (χ3v) is 2.17. The van der Waals surface area contributed by atoms with Gasteiger partial charge < -0.3 is 10.1 Å². The largest absolute Gasteiger partial charge is 0.385 e. The molecule has 0 saturated carbocycles. The first-order valence-electron chi connectivity index (χ1n) is 5.32. The van der Waals surface area contributed by atoms with E-state index in [0.717, 1.165) is 37.4 Å². The third-order valence-electron chi connectivity index (χ3n) is 2.17. The summed E-state index contributed by atoms with van der Waals surface area (Å²) in [6.07, 6.45) is 0.963. The van der Waals surface area contributed by atoms with Crippen molar-refractivity contribution in [1.29, 1.82) is 0 Å². The van der Waals surface area contributed by atoms with Gasteiger partial charge in [-0.25, -0.2) is 4.39 Å². The lowest BCUT2D eigenvalue weighted by Gasteiger charge is -2.09. The molecule has 0 fully saturated rings. The topological polar surface area (TPSA) is 21.3 Å². The van der Waals surface area contributed by atoms with E-state index in [2.05, 4.69) is 5.32 Å². The fourth-order valence-electron chi connectivity index (χ4n) is 1.37. The fraction of sp³-hybridized carbons (Fsp3) is 0.500. The molecular weight excluding hydrogens is 193 g/mol. The number of hydrogen-bond donors (Lipinski definition) is 1. The number of aryl methyl sites for hydroxylation is 1. The summed E-state index contributed by atoms with van der Waals surface area (Å²) in [4.78, 5) is 0. The van der Waals surface area contributed by atoms with Crippen LogP contribution in [0.4, 0.5) is 10.1 Å². The van der Waals surface area contributed by atoms with Crippen molar-refractivity contribution in [3.05, 3.63) is 29.6 Å². The van der Waals surface area contributed by atoms with E-state index >= 15 is 0 Å². The van der Waals surface area contributed by atoms with Gasteiger partial charge in [-0.15, -0.1) is 0 Å². The predicted octanol–water partition coefficient (Wildman–Crippen LogP) is 2.97. The van der Waals surface area contributed by atoms with Crippen LogP contribution in [0.1, 0.15) is 18.9 Å². The van der Waals surface area contributed by atoms with Gasteiger partial charge in [-0.05, 0) is 44.0 Å². The molecule has 15 heavy (non-hydrogen) atoms. The van der Waals surface area contributed by atoms with Gasteiger partial charge in [-0.2, -0.15) is 0 Å². The van der Waals surface area contributed by atoms with Crippen LogP contribution in [0, 0.1) is 12.7 Å². The lowest BCUT2D eigenvalue weighted by molar-refractivity contribution is 0.147. The smallest absolute Gasteiger partial charge is 0.123 e. The van der Waals surface area contributed by atoms with E-state index in [-0.39, 0.29) is 5.82 Å². The number of nitrogens with one attached hydrogen (secondary N) is 1. The van der Waals surface area contributed by atoms with Crippen molar-refractivity contribution in [2.75, 3.05) is 25.1 Å². The SMILES string of the molecule is CCOCCCNc1ccc(F)cc1C. The molecule has 0 unspecified atom stereocenters. The normalized spacial score (nSPS) is 10.3.